The maximum absolute atomic E-state index is 11.8. The lowest BCUT2D eigenvalue weighted by atomic mass is 9.95. The number of nitrogens with one attached hydrogen (secondary N) is 1. The summed E-state index contributed by atoms with van der Waals surface area (Å²) in [5.74, 6) is -0.259. The van der Waals surface area contributed by atoms with Crippen LogP contribution in [0.4, 0.5) is 0 Å². The van der Waals surface area contributed by atoms with Gasteiger partial charge in [0.05, 0.1) is 22.3 Å². The summed E-state index contributed by atoms with van der Waals surface area (Å²) in [5.41, 5.74) is 5.00. The van der Waals surface area contributed by atoms with Gasteiger partial charge in [0, 0.05) is 12.2 Å². The van der Waals surface area contributed by atoms with E-state index >= 15 is 0 Å². The monoisotopic (exact) mass is 314 g/mol. The third-order valence-corrected chi connectivity index (χ3v) is 3.88. The minimum absolute atomic E-state index is 0.232. The van der Waals surface area contributed by atoms with E-state index in [1.165, 1.54) is 0 Å². The molecule has 1 heterocycles. The van der Waals surface area contributed by atoms with Crippen molar-refractivity contribution in [1.82, 2.24) is 15.1 Å². The second kappa shape index (κ2) is 5.01. The molecule has 5 nitrogen and oxygen atoms in total. The van der Waals surface area contributed by atoms with Crippen LogP contribution in [0.5, 0.6) is 0 Å². The number of aromatic nitrogens is 2. The van der Waals surface area contributed by atoms with Gasteiger partial charge in [-0.2, -0.15) is 5.10 Å². The number of primary amides is 1. The quantitative estimate of drug-likeness (QED) is 0.886. The summed E-state index contributed by atoms with van der Waals surface area (Å²) in [6, 6.07) is 0.468. The molecule has 1 fully saturated rings. The van der Waals surface area contributed by atoms with Gasteiger partial charge in [-0.1, -0.05) is 0 Å². The molecule has 2 rings (SSSR count). The Morgan fingerprint density at radius 2 is 2.44 bits per heavy atom. The Labute approximate surface area is 115 Å². The lowest BCUT2D eigenvalue weighted by molar-refractivity contribution is -0.124. The topological polar surface area (TPSA) is 72.9 Å². The van der Waals surface area contributed by atoms with Crippen LogP contribution < -0.4 is 11.1 Å². The lowest BCUT2D eigenvalue weighted by Crippen LogP contribution is -2.56. The Kier molecular flexibility index (Phi) is 3.77. The molecule has 3 N–H and O–H groups in total. The zero-order valence-electron chi connectivity index (χ0n) is 10.7. The van der Waals surface area contributed by atoms with Crippen LogP contribution in [-0.4, -0.2) is 27.3 Å². The molecule has 100 valence electrons. The van der Waals surface area contributed by atoms with Gasteiger partial charge in [-0.3, -0.25) is 9.48 Å². The van der Waals surface area contributed by atoms with Crippen molar-refractivity contribution in [2.45, 2.75) is 50.7 Å². The number of nitrogens with zero attached hydrogens (tertiary/aromatic N) is 2. The van der Waals surface area contributed by atoms with Gasteiger partial charge in [0.25, 0.3) is 0 Å². The molecule has 0 spiro atoms. The van der Waals surface area contributed by atoms with Crippen LogP contribution in [0.2, 0.25) is 0 Å². The molecule has 1 saturated carbocycles. The lowest BCUT2D eigenvalue weighted by Gasteiger charge is -2.29. The van der Waals surface area contributed by atoms with Crippen molar-refractivity contribution in [2.75, 3.05) is 0 Å². The molecule has 0 saturated heterocycles. The largest absolute Gasteiger partial charge is 0.368 e. The third kappa shape index (κ3) is 2.59. The summed E-state index contributed by atoms with van der Waals surface area (Å²) in [6.45, 7) is 4.06. The van der Waals surface area contributed by atoms with E-state index in [9.17, 15) is 4.79 Å². The van der Waals surface area contributed by atoms with E-state index in [2.05, 4.69) is 26.3 Å². The predicted molar refractivity (Wildman–Crippen MR) is 73.0 cm³/mol. The van der Waals surface area contributed by atoms with Crippen molar-refractivity contribution in [3.05, 3.63) is 16.9 Å². The first-order valence-corrected chi connectivity index (χ1v) is 6.99. The van der Waals surface area contributed by atoms with Gasteiger partial charge in [0.15, 0.2) is 0 Å². The fraction of sp³-hybridized carbons (Fsp3) is 0.667. The molecule has 1 amide bonds. The Morgan fingerprint density at radius 1 is 1.72 bits per heavy atom. The van der Waals surface area contributed by atoms with E-state index in [0.717, 1.165) is 17.3 Å². The van der Waals surface area contributed by atoms with Crippen LogP contribution in [0.1, 0.15) is 39.2 Å². The number of rotatable bonds is 4. The van der Waals surface area contributed by atoms with E-state index in [4.69, 9.17) is 5.73 Å². The van der Waals surface area contributed by atoms with Crippen LogP contribution in [0.25, 0.3) is 0 Å². The van der Waals surface area contributed by atoms with Crippen LogP contribution in [0.15, 0.2) is 16.9 Å². The Morgan fingerprint density at radius 3 is 2.94 bits per heavy atom. The minimum atomic E-state index is -0.586. The molecular formula is C12H19BrN4O. The van der Waals surface area contributed by atoms with Crippen LogP contribution in [0.3, 0.4) is 0 Å². The molecule has 1 aliphatic rings. The number of nitrogens with two attached hydrogens (primary N) is 1. The van der Waals surface area contributed by atoms with Crippen molar-refractivity contribution in [1.29, 1.82) is 0 Å². The molecule has 18 heavy (non-hydrogen) atoms. The Bertz CT molecular complexity index is 445. The van der Waals surface area contributed by atoms with E-state index in [-0.39, 0.29) is 18.0 Å². The fourth-order valence-electron chi connectivity index (χ4n) is 2.74. The Balaban J connectivity index is 2.15. The van der Waals surface area contributed by atoms with Crippen LogP contribution >= 0.6 is 15.9 Å². The summed E-state index contributed by atoms with van der Waals surface area (Å²) < 4.78 is 2.87. The van der Waals surface area contributed by atoms with E-state index in [0.29, 0.717) is 6.42 Å². The molecule has 2 atom stereocenters. The molecule has 0 aromatic carbocycles. The molecule has 1 aromatic rings. The predicted octanol–water partition coefficient (Wildman–Crippen LogP) is 1.59. The summed E-state index contributed by atoms with van der Waals surface area (Å²) in [4.78, 5) is 11.8. The van der Waals surface area contributed by atoms with Crippen LogP contribution in [-0.2, 0) is 4.79 Å². The van der Waals surface area contributed by atoms with Gasteiger partial charge < -0.3 is 11.1 Å². The average molecular weight is 315 g/mol. The summed E-state index contributed by atoms with van der Waals surface area (Å²) in [7, 11) is 0. The summed E-state index contributed by atoms with van der Waals surface area (Å²) in [6.07, 6.45) is 6.09. The number of carbonyl (C=O) groups excluding carboxylic acids is 1. The molecule has 0 radical (unpaired) electrons. The van der Waals surface area contributed by atoms with Gasteiger partial charge in [0.2, 0.25) is 5.91 Å². The second-order valence-corrected chi connectivity index (χ2v) is 6.20. The minimum Gasteiger partial charge on any atom is -0.368 e. The van der Waals surface area contributed by atoms with Crippen molar-refractivity contribution in [3.63, 3.8) is 0 Å². The highest BCUT2D eigenvalue weighted by Crippen LogP contribution is 2.38. The molecule has 0 bridgehead atoms. The molecule has 1 aliphatic carbocycles. The third-order valence-electron chi connectivity index (χ3n) is 3.47. The molecular weight excluding hydrogens is 296 g/mol. The highest BCUT2D eigenvalue weighted by atomic mass is 79.9. The van der Waals surface area contributed by atoms with Gasteiger partial charge in [-0.25, -0.2) is 0 Å². The fourth-order valence-corrected chi connectivity index (χ4v) is 3.04. The van der Waals surface area contributed by atoms with Crippen molar-refractivity contribution < 1.29 is 4.79 Å². The smallest absolute Gasteiger partial charge is 0.237 e. The summed E-state index contributed by atoms with van der Waals surface area (Å²) >= 11 is 3.39. The highest BCUT2D eigenvalue weighted by Gasteiger charge is 2.45. The van der Waals surface area contributed by atoms with E-state index in [1.54, 1.807) is 6.20 Å². The standard InChI is InChI=1S/C12H19BrN4O/c1-8(2)16-12(11(14)18)4-3-10(5-12)17-7-9(13)6-15-17/h6-8,10,16H,3-5H2,1-2H3,(H2,14,18). The Hall–Kier alpha value is -0.880. The molecule has 0 aliphatic heterocycles. The molecule has 2 unspecified atom stereocenters. The first-order chi connectivity index (χ1) is 8.43. The van der Waals surface area contributed by atoms with Crippen molar-refractivity contribution >= 4 is 21.8 Å². The zero-order chi connectivity index (χ0) is 13.3. The maximum atomic E-state index is 11.8. The van der Waals surface area contributed by atoms with Gasteiger partial charge in [-0.15, -0.1) is 0 Å². The maximum Gasteiger partial charge on any atom is 0.237 e. The number of amides is 1. The SMILES string of the molecule is CC(C)NC1(C(N)=O)CCC(n2cc(Br)cn2)C1. The van der Waals surface area contributed by atoms with Crippen molar-refractivity contribution in [3.8, 4) is 0 Å². The first kappa shape index (κ1) is 13.5. The summed E-state index contributed by atoms with van der Waals surface area (Å²) in [5, 5.41) is 7.63. The zero-order valence-corrected chi connectivity index (χ0v) is 12.3. The van der Waals surface area contributed by atoms with Gasteiger partial charge in [-0.05, 0) is 49.0 Å². The van der Waals surface area contributed by atoms with Gasteiger partial charge >= 0.3 is 0 Å². The average Bonchev–Trinajstić information content (AvgIpc) is 2.84. The van der Waals surface area contributed by atoms with E-state index < -0.39 is 5.54 Å². The second-order valence-electron chi connectivity index (χ2n) is 5.28. The molecule has 6 heteroatoms. The highest BCUT2D eigenvalue weighted by molar-refractivity contribution is 9.10. The number of hydrogen-bond acceptors (Lipinski definition) is 3. The number of hydrogen-bond donors (Lipinski definition) is 2. The normalized spacial score (nSPS) is 27.9. The first-order valence-electron chi connectivity index (χ1n) is 6.20. The van der Waals surface area contributed by atoms with Gasteiger partial charge in [0.1, 0.15) is 0 Å². The number of halogens is 1. The van der Waals surface area contributed by atoms with Crippen LogP contribution in [0, 0.1) is 0 Å². The van der Waals surface area contributed by atoms with Crippen molar-refractivity contribution in [2.24, 2.45) is 5.73 Å². The van der Waals surface area contributed by atoms with E-state index in [1.807, 2.05) is 24.7 Å². The molecule has 1 aromatic heterocycles. The number of carbonyl (C=O) groups is 1.